The van der Waals surface area contributed by atoms with Crippen molar-refractivity contribution < 1.29 is 4.39 Å². The van der Waals surface area contributed by atoms with Crippen LogP contribution in [0.1, 0.15) is 37.3 Å². The van der Waals surface area contributed by atoms with Crippen LogP contribution in [0.2, 0.25) is 10.0 Å². The summed E-state index contributed by atoms with van der Waals surface area (Å²) in [7, 11) is 0. The van der Waals surface area contributed by atoms with Crippen LogP contribution >= 0.6 is 23.2 Å². The van der Waals surface area contributed by atoms with E-state index in [4.69, 9.17) is 28.9 Å². The van der Waals surface area contributed by atoms with Crippen LogP contribution in [0.25, 0.3) is 0 Å². The molecule has 88 valence electrons. The highest BCUT2D eigenvalue weighted by Gasteiger charge is 2.27. The van der Waals surface area contributed by atoms with Gasteiger partial charge in [0.15, 0.2) is 0 Å². The van der Waals surface area contributed by atoms with Gasteiger partial charge in [0.05, 0.1) is 5.02 Å². The van der Waals surface area contributed by atoms with Gasteiger partial charge in [-0.15, -0.1) is 0 Å². The van der Waals surface area contributed by atoms with Crippen molar-refractivity contribution >= 4 is 23.2 Å². The van der Waals surface area contributed by atoms with Crippen LogP contribution in [-0.2, 0) is 0 Å². The van der Waals surface area contributed by atoms with Crippen LogP contribution in [0, 0.1) is 11.7 Å². The third-order valence-corrected chi connectivity index (χ3v) is 3.94. The van der Waals surface area contributed by atoms with Crippen molar-refractivity contribution in [2.24, 2.45) is 11.7 Å². The Morgan fingerprint density at radius 3 is 2.38 bits per heavy atom. The van der Waals surface area contributed by atoms with E-state index < -0.39 is 5.82 Å². The molecule has 0 unspecified atom stereocenters. The Balaban J connectivity index is 2.34. The fourth-order valence-corrected chi connectivity index (χ4v) is 2.84. The monoisotopic (exact) mass is 261 g/mol. The zero-order valence-corrected chi connectivity index (χ0v) is 10.4. The van der Waals surface area contributed by atoms with E-state index in [1.807, 2.05) is 0 Å². The van der Waals surface area contributed by atoms with Crippen molar-refractivity contribution in [3.8, 4) is 0 Å². The number of hydrogen-bond acceptors (Lipinski definition) is 1. The lowest BCUT2D eigenvalue weighted by Crippen LogP contribution is -2.21. The molecule has 0 amide bonds. The first kappa shape index (κ1) is 12.2. The van der Waals surface area contributed by atoms with Crippen molar-refractivity contribution in [1.82, 2.24) is 0 Å². The number of halogens is 3. The van der Waals surface area contributed by atoms with E-state index in [0.717, 1.165) is 25.7 Å². The summed E-state index contributed by atoms with van der Waals surface area (Å²) >= 11 is 11.7. The third-order valence-electron chi connectivity index (χ3n) is 3.32. The summed E-state index contributed by atoms with van der Waals surface area (Å²) in [6.07, 6.45) is 4.42. The molecule has 1 aromatic rings. The lowest BCUT2D eigenvalue weighted by molar-refractivity contribution is 0.429. The van der Waals surface area contributed by atoms with E-state index in [1.54, 1.807) is 6.07 Å². The molecule has 1 aliphatic carbocycles. The van der Waals surface area contributed by atoms with Crippen molar-refractivity contribution in [3.05, 3.63) is 33.6 Å². The van der Waals surface area contributed by atoms with Crippen LogP contribution in [0.4, 0.5) is 4.39 Å². The van der Waals surface area contributed by atoms with Gasteiger partial charge in [0.1, 0.15) is 5.82 Å². The van der Waals surface area contributed by atoms with Gasteiger partial charge in [-0.05, 0) is 30.9 Å². The minimum absolute atomic E-state index is 0.0906. The maximum Gasteiger partial charge on any atom is 0.148 e. The highest BCUT2D eigenvalue weighted by atomic mass is 35.5. The van der Waals surface area contributed by atoms with Crippen LogP contribution in [0.3, 0.4) is 0 Å². The minimum Gasteiger partial charge on any atom is -0.324 e. The number of nitrogens with two attached hydrogens (primary N) is 1. The van der Waals surface area contributed by atoms with E-state index in [2.05, 4.69) is 0 Å². The van der Waals surface area contributed by atoms with Gasteiger partial charge in [-0.3, -0.25) is 0 Å². The van der Waals surface area contributed by atoms with Crippen molar-refractivity contribution in [2.45, 2.75) is 31.7 Å². The fourth-order valence-electron chi connectivity index (χ4n) is 2.40. The smallest absolute Gasteiger partial charge is 0.148 e. The van der Waals surface area contributed by atoms with Gasteiger partial charge in [-0.1, -0.05) is 36.0 Å². The molecule has 2 rings (SSSR count). The summed E-state index contributed by atoms with van der Waals surface area (Å²) < 4.78 is 13.9. The highest BCUT2D eigenvalue weighted by Crippen LogP contribution is 2.39. The zero-order valence-electron chi connectivity index (χ0n) is 8.85. The van der Waals surface area contributed by atoms with Crippen LogP contribution < -0.4 is 5.73 Å². The van der Waals surface area contributed by atoms with E-state index in [-0.39, 0.29) is 11.1 Å². The number of hydrogen-bond donors (Lipinski definition) is 1. The molecule has 1 saturated carbocycles. The highest BCUT2D eigenvalue weighted by molar-refractivity contribution is 6.33. The second kappa shape index (κ2) is 4.91. The molecule has 1 nitrogen and oxygen atoms in total. The van der Waals surface area contributed by atoms with Gasteiger partial charge in [0.25, 0.3) is 0 Å². The Morgan fingerprint density at radius 2 is 1.75 bits per heavy atom. The molecule has 16 heavy (non-hydrogen) atoms. The zero-order chi connectivity index (χ0) is 11.7. The van der Waals surface area contributed by atoms with Gasteiger partial charge in [0, 0.05) is 16.6 Å². The minimum atomic E-state index is -0.464. The van der Waals surface area contributed by atoms with Crippen molar-refractivity contribution in [1.29, 1.82) is 0 Å². The molecule has 0 saturated heterocycles. The number of rotatable bonds is 2. The first-order valence-corrected chi connectivity index (χ1v) is 6.26. The molecule has 1 aliphatic rings. The molecule has 0 heterocycles. The maximum absolute atomic E-state index is 13.9. The Kier molecular flexibility index (Phi) is 3.73. The van der Waals surface area contributed by atoms with Crippen LogP contribution in [-0.4, -0.2) is 0 Å². The lowest BCUT2D eigenvalue weighted by Gasteiger charge is -2.21. The van der Waals surface area contributed by atoms with Crippen molar-refractivity contribution in [2.75, 3.05) is 0 Å². The molecule has 2 N–H and O–H groups in total. The van der Waals surface area contributed by atoms with Gasteiger partial charge in [-0.2, -0.15) is 0 Å². The molecule has 4 heteroatoms. The molecule has 1 atom stereocenters. The summed E-state index contributed by atoms with van der Waals surface area (Å²) in [5.74, 6) is -0.140. The SMILES string of the molecule is N[C@H](c1c(Cl)ccc(Cl)c1F)C1CCCC1. The molecule has 0 aliphatic heterocycles. The van der Waals surface area contributed by atoms with E-state index >= 15 is 0 Å². The second-order valence-corrected chi connectivity index (χ2v) is 5.14. The molecule has 1 aromatic carbocycles. The van der Waals surface area contributed by atoms with Gasteiger partial charge < -0.3 is 5.73 Å². The Hall–Kier alpha value is -0.310. The standard InChI is InChI=1S/C12H14Cl2FN/c13-8-5-6-9(14)11(15)10(8)12(16)7-3-1-2-4-7/h5-7,12H,1-4,16H2/t12-/m0/s1. The first-order valence-electron chi connectivity index (χ1n) is 5.50. The molecule has 0 spiro atoms. The van der Waals surface area contributed by atoms with Crippen LogP contribution in [0.15, 0.2) is 12.1 Å². The molecule has 0 aromatic heterocycles. The molecule has 0 radical (unpaired) electrons. The molecular formula is C12H14Cl2FN. The molecule has 1 fully saturated rings. The lowest BCUT2D eigenvalue weighted by atomic mass is 9.92. The maximum atomic E-state index is 13.9. The van der Waals surface area contributed by atoms with Gasteiger partial charge >= 0.3 is 0 Å². The topological polar surface area (TPSA) is 26.0 Å². The predicted octanol–water partition coefficient (Wildman–Crippen LogP) is 4.32. The average Bonchev–Trinajstić information content (AvgIpc) is 2.77. The Labute approximate surface area is 105 Å². The van der Waals surface area contributed by atoms with E-state index in [0.29, 0.717) is 16.5 Å². The largest absolute Gasteiger partial charge is 0.324 e. The normalized spacial score (nSPS) is 19.0. The van der Waals surface area contributed by atoms with Gasteiger partial charge in [-0.25, -0.2) is 4.39 Å². The first-order chi connectivity index (χ1) is 7.61. The summed E-state index contributed by atoms with van der Waals surface area (Å²) in [6, 6.07) is 2.73. The second-order valence-electron chi connectivity index (χ2n) is 4.33. The summed E-state index contributed by atoms with van der Waals surface area (Å²) in [4.78, 5) is 0. The quantitative estimate of drug-likeness (QED) is 0.789. The van der Waals surface area contributed by atoms with Crippen molar-refractivity contribution in [3.63, 3.8) is 0 Å². The summed E-state index contributed by atoms with van der Waals surface area (Å²) in [5.41, 5.74) is 6.46. The fraction of sp³-hybridized carbons (Fsp3) is 0.500. The average molecular weight is 262 g/mol. The van der Waals surface area contributed by atoms with E-state index in [9.17, 15) is 4.39 Å². The Morgan fingerprint density at radius 1 is 1.19 bits per heavy atom. The van der Waals surface area contributed by atoms with Gasteiger partial charge in [0.2, 0.25) is 0 Å². The summed E-state index contributed by atoms with van der Waals surface area (Å²) in [6.45, 7) is 0. The predicted molar refractivity (Wildman–Crippen MR) is 65.3 cm³/mol. The summed E-state index contributed by atoms with van der Waals surface area (Å²) in [5, 5.41) is 0.467. The van der Waals surface area contributed by atoms with Crippen LogP contribution in [0.5, 0.6) is 0 Å². The Bertz CT molecular complexity index is 389. The third kappa shape index (κ3) is 2.20. The number of benzene rings is 1. The molecular weight excluding hydrogens is 248 g/mol. The molecule has 0 bridgehead atoms. The van der Waals surface area contributed by atoms with E-state index in [1.165, 1.54) is 6.07 Å².